The molecule has 144 valence electrons. The second kappa shape index (κ2) is 8.08. The summed E-state index contributed by atoms with van der Waals surface area (Å²) >= 11 is 0. The molecular formula is C20H27N5O2. The van der Waals surface area contributed by atoms with E-state index in [2.05, 4.69) is 33.1 Å². The standard InChI is InChI=1S/C20H27N5O2/c1-27-18-10-2-14(3-11-18)12-21-15-6-8-17(9-7-15)25-13-19(23-24-25)20(26)22-16-4-5-16/h2-3,10-11,13,15-17,21H,4-9,12H2,1H3,(H,22,26). The first kappa shape index (κ1) is 18.0. The molecule has 27 heavy (non-hydrogen) atoms. The number of hydrogen-bond acceptors (Lipinski definition) is 5. The third kappa shape index (κ3) is 4.66. The minimum absolute atomic E-state index is 0.0985. The zero-order chi connectivity index (χ0) is 18.6. The third-order valence-corrected chi connectivity index (χ3v) is 5.48. The van der Waals surface area contributed by atoms with Crippen LogP contribution in [0.25, 0.3) is 0 Å². The first-order chi connectivity index (χ1) is 13.2. The Kier molecular flexibility index (Phi) is 5.38. The highest BCUT2D eigenvalue weighted by atomic mass is 16.5. The Labute approximate surface area is 159 Å². The van der Waals surface area contributed by atoms with Crippen molar-refractivity contribution >= 4 is 5.91 Å². The third-order valence-electron chi connectivity index (χ3n) is 5.48. The first-order valence-electron chi connectivity index (χ1n) is 9.80. The van der Waals surface area contributed by atoms with Gasteiger partial charge in [0.15, 0.2) is 5.69 Å². The van der Waals surface area contributed by atoms with Gasteiger partial charge in [0.25, 0.3) is 5.91 Å². The maximum atomic E-state index is 12.1. The van der Waals surface area contributed by atoms with Gasteiger partial charge in [0.05, 0.1) is 19.3 Å². The SMILES string of the molecule is COc1ccc(CNC2CCC(n3cc(C(=O)NC4CC4)nn3)CC2)cc1. The van der Waals surface area contributed by atoms with E-state index >= 15 is 0 Å². The van der Waals surface area contributed by atoms with Gasteiger partial charge >= 0.3 is 0 Å². The Morgan fingerprint density at radius 1 is 1.11 bits per heavy atom. The van der Waals surface area contributed by atoms with E-state index < -0.39 is 0 Å². The van der Waals surface area contributed by atoms with Crippen molar-refractivity contribution in [1.82, 2.24) is 25.6 Å². The number of nitrogens with one attached hydrogen (secondary N) is 2. The van der Waals surface area contributed by atoms with Crippen molar-refractivity contribution in [3.05, 3.63) is 41.7 Å². The predicted octanol–water partition coefficient (Wildman–Crippen LogP) is 2.45. The molecule has 2 saturated carbocycles. The van der Waals surface area contributed by atoms with Crippen LogP contribution in [0.15, 0.2) is 30.5 Å². The van der Waals surface area contributed by atoms with Crippen molar-refractivity contribution < 1.29 is 9.53 Å². The number of nitrogens with zero attached hydrogens (tertiary/aromatic N) is 3. The zero-order valence-electron chi connectivity index (χ0n) is 15.7. The van der Waals surface area contributed by atoms with Crippen molar-refractivity contribution in [2.45, 2.75) is 63.2 Å². The molecule has 0 saturated heterocycles. The highest BCUT2D eigenvalue weighted by molar-refractivity contribution is 5.92. The van der Waals surface area contributed by atoms with Crippen LogP contribution in [0.1, 0.15) is 60.6 Å². The molecule has 2 aliphatic carbocycles. The lowest BCUT2D eigenvalue weighted by atomic mass is 9.91. The summed E-state index contributed by atoms with van der Waals surface area (Å²) in [5.41, 5.74) is 1.70. The molecule has 0 spiro atoms. The topological polar surface area (TPSA) is 81.1 Å². The molecule has 0 unspecified atom stereocenters. The fraction of sp³-hybridized carbons (Fsp3) is 0.550. The van der Waals surface area contributed by atoms with Crippen LogP contribution in [0.5, 0.6) is 5.75 Å². The molecule has 4 rings (SSSR count). The fourth-order valence-corrected chi connectivity index (χ4v) is 3.60. The average Bonchev–Trinajstić information content (AvgIpc) is 3.38. The molecule has 1 aromatic heterocycles. The molecule has 0 atom stereocenters. The van der Waals surface area contributed by atoms with Gasteiger partial charge in [0.1, 0.15) is 5.75 Å². The number of amides is 1. The Morgan fingerprint density at radius 2 is 1.81 bits per heavy atom. The summed E-state index contributed by atoms with van der Waals surface area (Å²) in [6.07, 6.45) is 8.25. The average molecular weight is 369 g/mol. The lowest BCUT2D eigenvalue weighted by molar-refractivity contribution is 0.0946. The van der Waals surface area contributed by atoms with Crippen molar-refractivity contribution in [2.24, 2.45) is 0 Å². The molecular weight excluding hydrogens is 342 g/mol. The number of aromatic nitrogens is 3. The number of benzene rings is 1. The van der Waals surface area contributed by atoms with Gasteiger partial charge in [-0.05, 0) is 56.2 Å². The predicted molar refractivity (Wildman–Crippen MR) is 102 cm³/mol. The lowest BCUT2D eigenvalue weighted by Crippen LogP contribution is -2.33. The molecule has 1 aromatic carbocycles. The molecule has 1 amide bonds. The largest absolute Gasteiger partial charge is 0.497 e. The van der Waals surface area contributed by atoms with E-state index in [0.29, 0.717) is 23.8 Å². The first-order valence-corrected chi connectivity index (χ1v) is 9.80. The summed E-state index contributed by atoms with van der Waals surface area (Å²) in [5, 5.41) is 14.9. The molecule has 2 aromatic rings. The van der Waals surface area contributed by atoms with Gasteiger partial charge < -0.3 is 15.4 Å². The van der Waals surface area contributed by atoms with E-state index in [1.807, 2.05) is 16.8 Å². The number of rotatable bonds is 7. The van der Waals surface area contributed by atoms with Crippen molar-refractivity contribution in [1.29, 1.82) is 0 Å². The van der Waals surface area contributed by atoms with E-state index in [-0.39, 0.29) is 5.91 Å². The molecule has 0 bridgehead atoms. The van der Waals surface area contributed by atoms with Gasteiger partial charge in [-0.25, -0.2) is 4.68 Å². The smallest absolute Gasteiger partial charge is 0.273 e. The molecule has 1 heterocycles. The van der Waals surface area contributed by atoms with E-state index in [1.54, 1.807) is 13.3 Å². The number of hydrogen-bond donors (Lipinski definition) is 2. The van der Waals surface area contributed by atoms with Crippen molar-refractivity contribution in [2.75, 3.05) is 7.11 Å². The normalized spacial score (nSPS) is 22.4. The Hall–Kier alpha value is -2.41. The van der Waals surface area contributed by atoms with Crippen molar-refractivity contribution in [3.63, 3.8) is 0 Å². The van der Waals surface area contributed by atoms with Crippen LogP contribution in [0.2, 0.25) is 0 Å². The number of carbonyl (C=O) groups is 1. The van der Waals surface area contributed by atoms with Crippen LogP contribution in [0, 0.1) is 0 Å². The van der Waals surface area contributed by atoms with Crippen LogP contribution in [0.3, 0.4) is 0 Å². The summed E-state index contributed by atoms with van der Waals surface area (Å²) in [6.45, 7) is 0.869. The second-order valence-electron chi connectivity index (χ2n) is 7.57. The molecule has 7 heteroatoms. The zero-order valence-corrected chi connectivity index (χ0v) is 15.7. The number of ether oxygens (including phenoxy) is 1. The highest BCUT2D eigenvalue weighted by Crippen LogP contribution is 2.28. The monoisotopic (exact) mass is 369 g/mol. The van der Waals surface area contributed by atoms with Crippen LogP contribution in [0.4, 0.5) is 0 Å². The quantitative estimate of drug-likeness (QED) is 0.784. The van der Waals surface area contributed by atoms with Crippen molar-refractivity contribution in [3.8, 4) is 5.75 Å². The van der Waals surface area contributed by atoms with Crippen LogP contribution < -0.4 is 15.4 Å². The fourth-order valence-electron chi connectivity index (χ4n) is 3.60. The van der Waals surface area contributed by atoms with E-state index in [4.69, 9.17) is 4.74 Å². The molecule has 0 aliphatic heterocycles. The summed E-state index contributed by atoms with van der Waals surface area (Å²) < 4.78 is 7.07. The number of methoxy groups -OCH3 is 1. The molecule has 7 nitrogen and oxygen atoms in total. The molecule has 2 fully saturated rings. The van der Waals surface area contributed by atoms with E-state index in [9.17, 15) is 4.79 Å². The summed E-state index contributed by atoms with van der Waals surface area (Å²) in [6, 6.07) is 9.38. The summed E-state index contributed by atoms with van der Waals surface area (Å²) in [4.78, 5) is 12.1. The van der Waals surface area contributed by atoms with Gasteiger partial charge in [0.2, 0.25) is 0 Å². The second-order valence-corrected chi connectivity index (χ2v) is 7.57. The van der Waals surface area contributed by atoms with E-state index in [0.717, 1.165) is 50.8 Å². The minimum Gasteiger partial charge on any atom is -0.497 e. The summed E-state index contributed by atoms with van der Waals surface area (Å²) in [5.74, 6) is 0.788. The Bertz CT molecular complexity index is 761. The molecule has 0 radical (unpaired) electrons. The van der Waals surface area contributed by atoms with Gasteiger partial charge in [-0.3, -0.25) is 4.79 Å². The number of carbonyl (C=O) groups excluding carboxylic acids is 1. The van der Waals surface area contributed by atoms with Gasteiger partial charge in [-0.15, -0.1) is 5.10 Å². The van der Waals surface area contributed by atoms with Gasteiger partial charge in [-0.2, -0.15) is 0 Å². The van der Waals surface area contributed by atoms with Crippen LogP contribution in [-0.4, -0.2) is 40.1 Å². The van der Waals surface area contributed by atoms with Crippen LogP contribution in [-0.2, 0) is 6.54 Å². The molecule has 2 N–H and O–H groups in total. The van der Waals surface area contributed by atoms with Crippen LogP contribution >= 0.6 is 0 Å². The summed E-state index contributed by atoms with van der Waals surface area (Å²) in [7, 11) is 1.68. The minimum atomic E-state index is -0.0985. The van der Waals surface area contributed by atoms with Gasteiger partial charge in [0, 0.05) is 18.6 Å². The van der Waals surface area contributed by atoms with E-state index in [1.165, 1.54) is 5.56 Å². The Morgan fingerprint density at radius 3 is 2.48 bits per heavy atom. The maximum Gasteiger partial charge on any atom is 0.273 e. The lowest BCUT2D eigenvalue weighted by Gasteiger charge is -2.29. The highest BCUT2D eigenvalue weighted by Gasteiger charge is 2.27. The van der Waals surface area contributed by atoms with Gasteiger partial charge in [-0.1, -0.05) is 17.3 Å². The molecule has 2 aliphatic rings. The Balaban J connectivity index is 1.23. The maximum absolute atomic E-state index is 12.1.